The molecule has 1 aromatic carbocycles. The highest BCUT2D eigenvalue weighted by Gasteiger charge is 2.12. The van der Waals surface area contributed by atoms with Crippen LogP contribution in [0.15, 0.2) is 35.3 Å². The van der Waals surface area contributed by atoms with E-state index in [0.717, 1.165) is 5.56 Å². The average Bonchev–Trinajstić information content (AvgIpc) is 2.47. The van der Waals surface area contributed by atoms with E-state index in [4.69, 9.17) is 5.26 Å². The van der Waals surface area contributed by atoms with E-state index in [1.54, 1.807) is 12.1 Å². The maximum Gasteiger partial charge on any atom is 0.259 e. The van der Waals surface area contributed by atoms with Crippen LogP contribution in [-0.2, 0) is 0 Å². The number of nitrogens with one attached hydrogen (secondary N) is 1. The topological polar surface area (TPSA) is 103 Å². The van der Waals surface area contributed by atoms with Crippen molar-refractivity contribution in [3.8, 4) is 23.3 Å². The smallest absolute Gasteiger partial charge is 0.259 e. The van der Waals surface area contributed by atoms with Crippen LogP contribution in [0.1, 0.15) is 11.1 Å². The first-order valence-electron chi connectivity index (χ1n) is 6.18. The monoisotopic (exact) mass is 278 g/mol. The molecule has 2 aromatic heterocycles. The molecule has 2 heterocycles. The molecule has 0 saturated carbocycles. The molecule has 0 unspecified atom stereocenters. The molecule has 6 nitrogen and oxygen atoms in total. The summed E-state index contributed by atoms with van der Waals surface area (Å²) < 4.78 is 0. The number of aromatic nitrogens is 3. The molecule has 102 valence electrons. The normalized spacial score (nSPS) is 10.5. The van der Waals surface area contributed by atoms with Gasteiger partial charge >= 0.3 is 0 Å². The van der Waals surface area contributed by atoms with E-state index in [2.05, 4.69) is 15.0 Å². The van der Waals surface area contributed by atoms with E-state index < -0.39 is 0 Å². The fourth-order valence-electron chi connectivity index (χ4n) is 2.06. The lowest BCUT2D eigenvalue weighted by Crippen LogP contribution is -2.10. The van der Waals surface area contributed by atoms with Crippen molar-refractivity contribution < 1.29 is 5.11 Å². The van der Waals surface area contributed by atoms with Crippen molar-refractivity contribution >= 4 is 10.9 Å². The van der Waals surface area contributed by atoms with E-state index in [1.165, 1.54) is 12.3 Å². The first-order valence-corrected chi connectivity index (χ1v) is 6.18. The molecule has 0 radical (unpaired) electrons. The Morgan fingerprint density at radius 1 is 1.33 bits per heavy atom. The standard InChI is InChI=1S/C15H10N4O2/c1-8-2-3-11-10(4-8)15(21)19-14(18-11)13-12(20)5-9(6-16)7-17-13/h2-5,7,20H,1H3,(H,18,19,21). The van der Waals surface area contributed by atoms with Crippen LogP contribution in [0.3, 0.4) is 0 Å². The molecule has 0 aliphatic rings. The Bertz CT molecular complexity index is 954. The molecule has 0 aliphatic heterocycles. The molecule has 0 amide bonds. The molecule has 2 N–H and O–H groups in total. The molecule has 3 aromatic rings. The number of benzene rings is 1. The fraction of sp³-hybridized carbons (Fsp3) is 0.0667. The van der Waals surface area contributed by atoms with Gasteiger partial charge < -0.3 is 10.1 Å². The van der Waals surface area contributed by atoms with Crippen molar-refractivity contribution in [1.82, 2.24) is 15.0 Å². The van der Waals surface area contributed by atoms with Gasteiger partial charge in [-0.1, -0.05) is 11.6 Å². The van der Waals surface area contributed by atoms with E-state index in [9.17, 15) is 9.90 Å². The number of pyridine rings is 1. The van der Waals surface area contributed by atoms with Crippen LogP contribution in [0.5, 0.6) is 5.75 Å². The van der Waals surface area contributed by atoms with Crippen LogP contribution in [0.25, 0.3) is 22.4 Å². The van der Waals surface area contributed by atoms with Crippen molar-refractivity contribution in [1.29, 1.82) is 5.26 Å². The predicted octanol–water partition coefficient (Wildman–Crippen LogP) is 1.87. The highest BCUT2D eigenvalue weighted by Crippen LogP contribution is 2.24. The first kappa shape index (κ1) is 12.8. The van der Waals surface area contributed by atoms with Gasteiger partial charge in [0, 0.05) is 12.3 Å². The number of H-pyrrole nitrogens is 1. The van der Waals surface area contributed by atoms with Gasteiger partial charge in [-0.2, -0.15) is 5.26 Å². The Hall–Kier alpha value is -3.20. The zero-order valence-electron chi connectivity index (χ0n) is 11.1. The summed E-state index contributed by atoms with van der Waals surface area (Å²) in [6.45, 7) is 1.89. The summed E-state index contributed by atoms with van der Waals surface area (Å²) in [5.41, 5.74) is 1.54. The summed E-state index contributed by atoms with van der Waals surface area (Å²) in [6, 6.07) is 8.50. The summed E-state index contributed by atoms with van der Waals surface area (Å²) in [6.07, 6.45) is 1.31. The lowest BCUT2D eigenvalue weighted by molar-refractivity contribution is 0.474. The molecular formula is C15H10N4O2. The highest BCUT2D eigenvalue weighted by molar-refractivity contribution is 5.80. The molecule has 0 saturated heterocycles. The molecular weight excluding hydrogens is 268 g/mol. The number of aromatic hydroxyl groups is 1. The third-order valence-corrected chi connectivity index (χ3v) is 3.08. The minimum atomic E-state index is -0.302. The summed E-state index contributed by atoms with van der Waals surface area (Å²) >= 11 is 0. The van der Waals surface area contributed by atoms with Gasteiger partial charge in [0.15, 0.2) is 5.82 Å². The minimum Gasteiger partial charge on any atom is -0.505 e. The average molecular weight is 278 g/mol. The number of hydrogen-bond acceptors (Lipinski definition) is 5. The van der Waals surface area contributed by atoms with Crippen molar-refractivity contribution in [2.75, 3.05) is 0 Å². The molecule has 21 heavy (non-hydrogen) atoms. The number of fused-ring (bicyclic) bond motifs is 1. The van der Waals surface area contributed by atoms with Gasteiger partial charge in [0.1, 0.15) is 17.5 Å². The van der Waals surface area contributed by atoms with Crippen LogP contribution >= 0.6 is 0 Å². The number of hydrogen-bond donors (Lipinski definition) is 2. The maximum atomic E-state index is 12.1. The number of aromatic amines is 1. The van der Waals surface area contributed by atoms with Crippen LogP contribution < -0.4 is 5.56 Å². The fourth-order valence-corrected chi connectivity index (χ4v) is 2.06. The van der Waals surface area contributed by atoms with E-state index >= 15 is 0 Å². The summed E-state index contributed by atoms with van der Waals surface area (Å²) in [5, 5.41) is 19.1. The Morgan fingerprint density at radius 2 is 2.14 bits per heavy atom. The maximum absolute atomic E-state index is 12.1. The Labute approximate surface area is 119 Å². The van der Waals surface area contributed by atoms with Gasteiger partial charge in [-0.05, 0) is 19.1 Å². The zero-order chi connectivity index (χ0) is 15.0. The predicted molar refractivity (Wildman–Crippen MR) is 76.7 cm³/mol. The summed E-state index contributed by atoms with van der Waals surface area (Å²) in [7, 11) is 0. The van der Waals surface area contributed by atoms with Gasteiger partial charge in [-0.15, -0.1) is 0 Å². The molecule has 0 fully saturated rings. The molecule has 0 spiro atoms. The van der Waals surface area contributed by atoms with Crippen molar-refractivity contribution in [3.05, 3.63) is 51.9 Å². The van der Waals surface area contributed by atoms with Crippen LogP contribution in [0, 0.1) is 18.3 Å². The highest BCUT2D eigenvalue weighted by atomic mass is 16.3. The molecule has 0 atom stereocenters. The lowest BCUT2D eigenvalue weighted by atomic mass is 10.1. The van der Waals surface area contributed by atoms with Crippen molar-refractivity contribution in [3.63, 3.8) is 0 Å². The Balaban J connectivity index is 2.25. The van der Waals surface area contributed by atoms with Gasteiger partial charge in [-0.3, -0.25) is 4.79 Å². The number of aryl methyl sites for hydroxylation is 1. The Kier molecular flexibility index (Phi) is 2.88. The van der Waals surface area contributed by atoms with Crippen molar-refractivity contribution in [2.24, 2.45) is 0 Å². The number of nitriles is 1. The second-order valence-electron chi connectivity index (χ2n) is 4.64. The minimum absolute atomic E-state index is 0.133. The SMILES string of the molecule is Cc1ccc2nc(-c3ncc(C#N)cc3O)[nH]c(=O)c2c1. The largest absolute Gasteiger partial charge is 0.505 e. The van der Waals surface area contributed by atoms with E-state index in [0.29, 0.717) is 10.9 Å². The third kappa shape index (κ3) is 2.21. The molecule has 6 heteroatoms. The van der Waals surface area contributed by atoms with Crippen molar-refractivity contribution in [2.45, 2.75) is 6.92 Å². The van der Waals surface area contributed by atoms with Crippen LogP contribution in [0.4, 0.5) is 0 Å². The van der Waals surface area contributed by atoms with Crippen LogP contribution in [0.2, 0.25) is 0 Å². The molecule has 0 aliphatic carbocycles. The number of rotatable bonds is 1. The second kappa shape index (κ2) is 4.72. The zero-order valence-corrected chi connectivity index (χ0v) is 11.1. The van der Waals surface area contributed by atoms with Gasteiger partial charge in [0.05, 0.1) is 16.5 Å². The van der Waals surface area contributed by atoms with Gasteiger partial charge in [-0.25, -0.2) is 9.97 Å². The van der Waals surface area contributed by atoms with Gasteiger partial charge in [0.25, 0.3) is 5.56 Å². The number of nitrogens with zero attached hydrogens (tertiary/aromatic N) is 3. The van der Waals surface area contributed by atoms with Crippen LogP contribution in [-0.4, -0.2) is 20.1 Å². The summed E-state index contributed by atoms with van der Waals surface area (Å²) in [5.74, 6) is -0.0398. The molecule has 0 bridgehead atoms. The summed E-state index contributed by atoms with van der Waals surface area (Å²) in [4.78, 5) is 23.0. The van der Waals surface area contributed by atoms with E-state index in [1.807, 2.05) is 19.1 Å². The Morgan fingerprint density at radius 3 is 2.86 bits per heavy atom. The quantitative estimate of drug-likeness (QED) is 0.707. The van der Waals surface area contributed by atoms with E-state index in [-0.39, 0.29) is 28.4 Å². The third-order valence-electron chi connectivity index (χ3n) is 3.08. The molecule has 3 rings (SSSR count). The second-order valence-corrected chi connectivity index (χ2v) is 4.64. The first-order chi connectivity index (χ1) is 10.1. The van der Waals surface area contributed by atoms with Gasteiger partial charge in [0.2, 0.25) is 0 Å². The lowest BCUT2D eigenvalue weighted by Gasteiger charge is -2.05.